The average Bonchev–Trinajstić information content (AvgIpc) is 3.14. The first kappa shape index (κ1) is 18.8. The Labute approximate surface area is 158 Å². The van der Waals surface area contributed by atoms with E-state index in [1.807, 2.05) is 52.0 Å². The second-order valence-corrected chi connectivity index (χ2v) is 6.98. The summed E-state index contributed by atoms with van der Waals surface area (Å²) in [6.07, 6.45) is 3.67. The molecule has 0 unspecified atom stereocenters. The molecule has 1 aliphatic rings. The molecule has 2 heterocycles. The number of aromatic amines is 1. The molecule has 6 heteroatoms. The Hall–Kier alpha value is -3.02. The van der Waals surface area contributed by atoms with Crippen LogP contribution in [-0.4, -0.2) is 35.6 Å². The van der Waals surface area contributed by atoms with Gasteiger partial charge in [0.2, 0.25) is 0 Å². The van der Waals surface area contributed by atoms with Crippen molar-refractivity contribution in [1.82, 2.24) is 4.98 Å². The number of allylic oxidation sites excluding steroid dienone is 1. The number of aromatic nitrogens is 1. The highest BCUT2D eigenvalue weighted by atomic mass is 16.5. The fraction of sp³-hybridized carbons (Fsp3) is 0.333. The minimum atomic E-state index is -0.554. The van der Waals surface area contributed by atoms with Gasteiger partial charge in [-0.15, -0.1) is 0 Å². The van der Waals surface area contributed by atoms with Crippen molar-refractivity contribution in [2.45, 2.75) is 33.2 Å². The molecule has 0 spiro atoms. The fourth-order valence-corrected chi connectivity index (χ4v) is 3.45. The van der Waals surface area contributed by atoms with Crippen LogP contribution in [0.15, 0.2) is 42.6 Å². The average molecular weight is 368 g/mol. The zero-order valence-corrected chi connectivity index (χ0v) is 16.0. The van der Waals surface area contributed by atoms with Crippen LogP contribution in [-0.2, 0) is 9.53 Å². The van der Waals surface area contributed by atoms with Gasteiger partial charge in [0, 0.05) is 11.8 Å². The minimum absolute atomic E-state index is 0.283. The third kappa shape index (κ3) is 3.74. The maximum atomic E-state index is 12.9. The highest BCUT2D eigenvalue weighted by Crippen LogP contribution is 2.40. The summed E-state index contributed by atoms with van der Waals surface area (Å²) < 4.78 is 10.8. The Bertz CT molecular complexity index is 882. The monoisotopic (exact) mass is 368 g/mol. The molecule has 27 heavy (non-hydrogen) atoms. The number of ether oxygens (including phenoxy) is 2. The molecule has 0 aliphatic carbocycles. The molecule has 0 atom stereocenters. The van der Waals surface area contributed by atoms with Crippen LogP contribution in [0.3, 0.4) is 0 Å². The van der Waals surface area contributed by atoms with Gasteiger partial charge < -0.3 is 14.5 Å². The third-order valence-corrected chi connectivity index (χ3v) is 4.48. The number of hydrogen-bond donors (Lipinski definition) is 1. The number of benzene rings is 1. The van der Waals surface area contributed by atoms with Crippen LogP contribution in [0.4, 0.5) is 5.69 Å². The number of nitrogens with zero attached hydrogens (tertiary/aromatic N) is 1. The predicted octanol–water partition coefficient (Wildman–Crippen LogP) is 3.80. The van der Waals surface area contributed by atoms with Crippen molar-refractivity contribution in [3.05, 3.63) is 53.9 Å². The standard InChI is InChI=1S/C21H24N2O4/c1-5-26-15-8-9-18-16(11-15)14(2)12-21(3,4)23(18)19(24)13-27-20(25)17-7-6-10-22-17/h6-12,22H,5,13H2,1-4H3. The van der Waals surface area contributed by atoms with Gasteiger partial charge in [-0.1, -0.05) is 6.08 Å². The van der Waals surface area contributed by atoms with Gasteiger partial charge in [0.1, 0.15) is 11.4 Å². The quantitative estimate of drug-likeness (QED) is 0.815. The Balaban J connectivity index is 1.85. The van der Waals surface area contributed by atoms with E-state index in [9.17, 15) is 9.59 Å². The van der Waals surface area contributed by atoms with Gasteiger partial charge in [-0.05, 0) is 63.6 Å². The Kier molecular flexibility index (Phi) is 5.08. The fourth-order valence-electron chi connectivity index (χ4n) is 3.45. The predicted molar refractivity (Wildman–Crippen MR) is 104 cm³/mol. The summed E-state index contributed by atoms with van der Waals surface area (Å²) in [7, 11) is 0. The summed E-state index contributed by atoms with van der Waals surface area (Å²) in [6, 6.07) is 8.97. The van der Waals surface area contributed by atoms with E-state index in [1.165, 1.54) is 0 Å². The van der Waals surface area contributed by atoms with Gasteiger partial charge in [-0.25, -0.2) is 4.79 Å². The number of nitrogens with one attached hydrogen (secondary N) is 1. The molecule has 0 radical (unpaired) electrons. The molecule has 0 bridgehead atoms. The molecule has 0 fully saturated rings. The largest absolute Gasteiger partial charge is 0.494 e. The van der Waals surface area contributed by atoms with Crippen molar-refractivity contribution < 1.29 is 19.1 Å². The molecular formula is C21H24N2O4. The van der Waals surface area contributed by atoms with Crippen LogP contribution in [0.1, 0.15) is 43.7 Å². The van der Waals surface area contributed by atoms with Crippen molar-refractivity contribution in [3.63, 3.8) is 0 Å². The Morgan fingerprint density at radius 2 is 2.00 bits per heavy atom. The van der Waals surface area contributed by atoms with Crippen LogP contribution in [0.2, 0.25) is 0 Å². The van der Waals surface area contributed by atoms with Crippen molar-refractivity contribution >= 4 is 23.1 Å². The van der Waals surface area contributed by atoms with E-state index in [2.05, 4.69) is 4.98 Å². The summed E-state index contributed by atoms with van der Waals surface area (Å²) in [5.41, 5.74) is 2.57. The number of carbonyl (C=O) groups is 2. The summed E-state index contributed by atoms with van der Waals surface area (Å²) in [6.45, 7) is 8.11. The summed E-state index contributed by atoms with van der Waals surface area (Å²) in [5, 5.41) is 0. The van der Waals surface area contributed by atoms with E-state index in [4.69, 9.17) is 9.47 Å². The first-order chi connectivity index (χ1) is 12.8. The van der Waals surface area contributed by atoms with Crippen LogP contribution in [0.25, 0.3) is 5.57 Å². The van der Waals surface area contributed by atoms with Crippen LogP contribution in [0, 0.1) is 0 Å². The van der Waals surface area contributed by atoms with E-state index in [0.29, 0.717) is 12.3 Å². The minimum Gasteiger partial charge on any atom is -0.494 e. The van der Waals surface area contributed by atoms with Crippen molar-refractivity contribution in [2.75, 3.05) is 18.1 Å². The number of H-pyrrole nitrogens is 1. The molecule has 0 saturated carbocycles. The molecule has 0 saturated heterocycles. The second kappa shape index (κ2) is 7.31. The van der Waals surface area contributed by atoms with E-state index in [0.717, 1.165) is 22.6 Å². The van der Waals surface area contributed by atoms with Crippen molar-refractivity contribution in [3.8, 4) is 5.75 Å². The van der Waals surface area contributed by atoms with E-state index in [1.54, 1.807) is 23.2 Å². The van der Waals surface area contributed by atoms with E-state index >= 15 is 0 Å². The number of hydrogen-bond acceptors (Lipinski definition) is 4. The van der Waals surface area contributed by atoms with Gasteiger partial charge in [0.15, 0.2) is 6.61 Å². The first-order valence-corrected chi connectivity index (χ1v) is 8.93. The lowest BCUT2D eigenvalue weighted by Gasteiger charge is -2.41. The number of amides is 1. The zero-order chi connectivity index (χ0) is 19.6. The van der Waals surface area contributed by atoms with Crippen molar-refractivity contribution in [2.24, 2.45) is 0 Å². The SMILES string of the molecule is CCOc1ccc2c(c1)C(C)=CC(C)(C)N2C(=O)COC(=O)c1ccc[nH]1. The third-order valence-electron chi connectivity index (χ3n) is 4.48. The summed E-state index contributed by atoms with van der Waals surface area (Å²) >= 11 is 0. The number of rotatable bonds is 5. The first-order valence-electron chi connectivity index (χ1n) is 8.93. The summed E-state index contributed by atoms with van der Waals surface area (Å²) in [4.78, 5) is 29.4. The maximum absolute atomic E-state index is 12.9. The summed E-state index contributed by atoms with van der Waals surface area (Å²) in [5.74, 6) is -0.0786. The number of carbonyl (C=O) groups excluding carboxylic acids is 2. The number of anilines is 1. The Morgan fingerprint density at radius 1 is 1.22 bits per heavy atom. The molecule has 1 amide bonds. The molecule has 2 aromatic rings. The lowest BCUT2D eigenvalue weighted by Crippen LogP contribution is -2.50. The number of esters is 1. The molecule has 6 nitrogen and oxygen atoms in total. The van der Waals surface area contributed by atoms with Crippen LogP contribution < -0.4 is 9.64 Å². The number of fused-ring (bicyclic) bond motifs is 1. The molecular weight excluding hydrogens is 344 g/mol. The van der Waals surface area contributed by atoms with Gasteiger partial charge in [-0.3, -0.25) is 9.69 Å². The second-order valence-electron chi connectivity index (χ2n) is 6.98. The topological polar surface area (TPSA) is 71.6 Å². The molecule has 1 N–H and O–H groups in total. The van der Waals surface area contributed by atoms with Crippen LogP contribution >= 0.6 is 0 Å². The van der Waals surface area contributed by atoms with Crippen molar-refractivity contribution in [1.29, 1.82) is 0 Å². The highest BCUT2D eigenvalue weighted by Gasteiger charge is 2.36. The van der Waals surface area contributed by atoms with Gasteiger partial charge in [-0.2, -0.15) is 0 Å². The smallest absolute Gasteiger partial charge is 0.355 e. The molecule has 142 valence electrons. The van der Waals surface area contributed by atoms with E-state index in [-0.39, 0.29) is 12.5 Å². The lowest BCUT2D eigenvalue weighted by atomic mass is 9.88. The molecule has 3 rings (SSSR count). The normalized spacial score (nSPS) is 15.0. The zero-order valence-electron chi connectivity index (χ0n) is 16.0. The Morgan fingerprint density at radius 3 is 2.67 bits per heavy atom. The van der Waals surface area contributed by atoms with Crippen LogP contribution in [0.5, 0.6) is 5.75 Å². The van der Waals surface area contributed by atoms with E-state index < -0.39 is 11.5 Å². The van der Waals surface area contributed by atoms with Gasteiger partial charge >= 0.3 is 5.97 Å². The lowest BCUT2D eigenvalue weighted by molar-refractivity contribution is -0.122. The van der Waals surface area contributed by atoms with Gasteiger partial charge in [0.05, 0.1) is 17.8 Å². The molecule has 1 aromatic carbocycles. The highest BCUT2D eigenvalue weighted by molar-refractivity contribution is 6.02. The van der Waals surface area contributed by atoms with Gasteiger partial charge in [0.25, 0.3) is 5.91 Å². The molecule has 1 aliphatic heterocycles. The molecule has 1 aromatic heterocycles. The maximum Gasteiger partial charge on any atom is 0.355 e.